The van der Waals surface area contributed by atoms with E-state index in [1.165, 1.54) is 24.1 Å². The Balaban J connectivity index is 1.84. The molecule has 0 amide bonds. The maximum Gasteiger partial charge on any atom is 0.129 e. The molecule has 0 bridgehead atoms. The highest BCUT2D eigenvalue weighted by molar-refractivity contribution is 6.29. The van der Waals surface area contributed by atoms with Gasteiger partial charge in [0.25, 0.3) is 0 Å². The molecule has 0 atom stereocenters. The number of nitrogens with zero attached hydrogens (tertiary/aromatic N) is 2. The SMILES string of the molecule is Clc1ccc2[nH]c(-c3ccccc3N3CCCC3)cc2n1. The van der Waals surface area contributed by atoms with Gasteiger partial charge in [-0.1, -0.05) is 29.8 Å². The van der Waals surface area contributed by atoms with Crippen LogP contribution in [0.4, 0.5) is 5.69 Å². The predicted molar refractivity (Wildman–Crippen MR) is 88.0 cm³/mol. The van der Waals surface area contributed by atoms with Gasteiger partial charge in [0.1, 0.15) is 5.15 Å². The van der Waals surface area contributed by atoms with Crippen molar-refractivity contribution < 1.29 is 0 Å². The summed E-state index contributed by atoms with van der Waals surface area (Å²) in [5, 5.41) is 0.529. The van der Waals surface area contributed by atoms with Crippen molar-refractivity contribution in [2.24, 2.45) is 0 Å². The van der Waals surface area contributed by atoms with Gasteiger partial charge >= 0.3 is 0 Å². The number of H-pyrrole nitrogens is 1. The average molecular weight is 298 g/mol. The number of pyridine rings is 1. The van der Waals surface area contributed by atoms with E-state index < -0.39 is 0 Å². The minimum atomic E-state index is 0.529. The Morgan fingerprint density at radius 2 is 1.86 bits per heavy atom. The summed E-state index contributed by atoms with van der Waals surface area (Å²) in [4.78, 5) is 10.3. The summed E-state index contributed by atoms with van der Waals surface area (Å²) in [5.41, 5.74) is 5.56. The van der Waals surface area contributed by atoms with Gasteiger partial charge in [-0.15, -0.1) is 0 Å². The minimum absolute atomic E-state index is 0.529. The lowest BCUT2D eigenvalue weighted by Crippen LogP contribution is -2.18. The van der Waals surface area contributed by atoms with E-state index in [1.807, 2.05) is 12.1 Å². The number of aromatic nitrogens is 2. The van der Waals surface area contributed by atoms with E-state index in [9.17, 15) is 0 Å². The van der Waals surface area contributed by atoms with Crippen LogP contribution in [0.2, 0.25) is 5.15 Å². The summed E-state index contributed by atoms with van der Waals surface area (Å²) >= 11 is 5.98. The Bertz CT molecular complexity index is 788. The first-order valence-corrected chi connectivity index (χ1v) is 7.69. The zero-order valence-corrected chi connectivity index (χ0v) is 12.4. The normalized spacial score (nSPS) is 15.0. The zero-order chi connectivity index (χ0) is 14.2. The molecule has 0 unspecified atom stereocenters. The van der Waals surface area contributed by atoms with Gasteiger partial charge in [-0.3, -0.25) is 0 Å². The molecule has 0 aliphatic carbocycles. The molecule has 21 heavy (non-hydrogen) atoms. The van der Waals surface area contributed by atoms with Gasteiger partial charge in [-0.2, -0.15) is 0 Å². The largest absolute Gasteiger partial charge is 0.371 e. The summed E-state index contributed by atoms with van der Waals surface area (Å²) in [6.07, 6.45) is 2.55. The van der Waals surface area contributed by atoms with Crippen LogP contribution >= 0.6 is 11.6 Å². The van der Waals surface area contributed by atoms with Crippen molar-refractivity contribution in [3.8, 4) is 11.3 Å². The molecule has 3 nitrogen and oxygen atoms in total. The molecule has 1 saturated heterocycles. The molecule has 1 fully saturated rings. The fraction of sp³-hybridized carbons (Fsp3) is 0.235. The van der Waals surface area contributed by atoms with Crippen LogP contribution in [0.5, 0.6) is 0 Å². The molecule has 1 aromatic carbocycles. The number of halogens is 1. The summed E-state index contributed by atoms with van der Waals surface area (Å²) in [5.74, 6) is 0. The number of hydrogen-bond acceptors (Lipinski definition) is 2. The van der Waals surface area contributed by atoms with Crippen LogP contribution in [-0.2, 0) is 0 Å². The molecular formula is C17H16ClN3. The van der Waals surface area contributed by atoms with Crippen LogP contribution < -0.4 is 4.90 Å². The minimum Gasteiger partial charge on any atom is -0.371 e. The van der Waals surface area contributed by atoms with Crippen molar-refractivity contribution in [1.29, 1.82) is 0 Å². The van der Waals surface area contributed by atoms with Gasteiger partial charge in [0.2, 0.25) is 0 Å². The number of aromatic amines is 1. The number of benzene rings is 1. The van der Waals surface area contributed by atoms with E-state index in [-0.39, 0.29) is 0 Å². The zero-order valence-electron chi connectivity index (χ0n) is 11.6. The molecule has 4 rings (SSSR count). The molecule has 1 N–H and O–H groups in total. The summed E-state index contributed by atoms with van der Waals surface area (Å²) in [6.45, 7) is 2.28. The third-order valence-corrected chi connectivity index (χ3v) is 4.29. The van der Waals surface area contributed by atoms with Crippen molar-refractivity contribution in [3.63, 3.8) is 0 Å². The molecule has 1 aliphatic heterocycles. The smallest absolute Gasteiger partial charge is 0.129 e. The average Bonchev–Trinajstić information content (AvgIpc) is 3.16. The topological polar surface area (TPSA) is 31.9 Å². The third-order valence-electron chi connectivity index (χ3n) is 4.08. The van der Waals surface area contributed by atoms with Gasteiger partial charge in [-0.25, -0.2) is 4.98 Å². The standard InChI is InChI=1S/C17H16ClN3/c18-17-8-7-13-15(20-17)11-14(19-13)12-5-1-2-6-16(12)21-9-3-4-10-21/h1-2,5-8,11,19H,3-4,9-10H2. The maximum absolute atomic E-state index is 5.98. The lowest BCUT2D eigenvalue weighted by Gasteiger charge is -2.20. The van der Waals surface area contributed by atoms with Gasteiger partial charge in [0.15, 0.2) is 0 Å². The Morgan fingerprint density at radius 1 is 1.05 bits per heavy atom. The number of nitrogens with one attached hydrogen (secondary N) is 1. The van der Waals surface area contributed by atoms with E-state index in [2.05, 4.69) is 45.2 Å². The van der Waals surface area contributed by atoms with Gasteiger partial charge < -0.3 is 9.88 Å². The lowest BCUT2D eigenvalue weighted by atomic mass is 10.1. The van der Waals surface area contributed by atoms with Crippen molar-refractivity contribution in [2.75, 3.05) is 18.0 Å². The quantitative estimate of drug-likeness (QED) is 0.707. The van der Waals surface area contributed by atoms with Crippen LogP contribution in [0.25, 0.3) is 22.3 Å². The first-order chi connectivity index (χ1) is 10.3. The molecule has 0 saturated carbocycles. The maximum atomic E-state index is 5.98. The number of hydrogen-bond donors (Lipinski definition) is 1. The number of anilines is 1. The molecule has 1 aliphatic rings. The van der Waals surface area contributed by atoms with E-state index >= 15 is 0 Å². The second kappa shape index (κ2) is 5.08. The molecule has 3 aromatic rings. The highest BCUT2D eigenvalue weighted by atomic mass is 35.5. The second-order valence-corrected chi connectivity index (χ2v) is 5.85. The second-order valence-electron chi connectivity index (χ2n) is 5.46. The summed E-state index contributed by atoms with van der Waals surface area (Å²) in [6, 6.07) is 14.4. The Labute approximate surface area is 128 Å². The van der Waals surface area contributed by atoms with Crippen molar-refractivity contribution in [1.82, 2.24) is 9.97 Å². The van der Waals surface area contributed by atoms with Crippen LogP contribution in [0.3, 0.4) is 0 Å². The van der Waals surface area contributed by atoms with E-state index in [1.54, 1.807) is 0 Å². The van der Waals surface area contributed by atoms with Crippen LogP contribution in [0.15, 0.2) is 42.5 Å². The van der Waals surface area contributed by atoms with Gasteiger partial charge in [-0.05, 0) is 37.1 Å². The van der Waals surface area contributed by atoms with Gasteiger partial charge in [0, 0.05) is 24.3 Å². The monoisotopic (exact) mass is 297 g/mol. The number of fused-ring (bicyclic) bond motifs is 1. The molecule has 3 heterocycles. The Hall–Kier alpha value is -2.00. The number of para-hydroxylation sites is 1. The van der Waals surface area contributed by atoms with Crippen LogP contribution in [0, 0.1) is 0 Å². The molecular weight excluding hydrogens is 282 g/mol. The van der Waals surface area contributed by atoms with Gasteiger partial charge in [0.05, 0.1) is 16.7 Å². The highest BCUT2D eigenvalue weighted by Crippen LogP contribution is 2.33. The first-order valence-electron chi connectivity index (χ1n) is 7.31. The highest BCUT2D eigenvalue weighted by Gasteiger charge is 2.17. The van der Waals surface area contributed by atoms with Crippen molar-refractivity contribution in [3.05, 3.63) is 47.6 Å². The summed E-state index contributed by atoms with van der Waals surface area (Å²) in [7, 11) is 0. The predicted octanol–water partition coefficient (Wildman–Crippen LogP) is 4.48. The van der Waals surface area contributed by atoms with E-state index in [4.69, 9.17) is 11.6 Å². The fourth-order valence-corrected chi connectivity index (χ4v) is 3.22. The summed E-state index contributed by atoms with van der Waals surface area (Å²) < 4.78 is 0. The third kappa shape index (κ3) is 2.28. The van der Waals surface area contributed by atoms with Crippen LogP contribution in [0.1, 0.15) is 12.8 Å². The van der Waals surface area contributed by atoms with Crippen molar-refractivity contribution >= 4 is 28.3 Å². The molecule has 2 aromatic heterocycles. The molecule has 4 heteroatoms. The number of rotatable bonds is 2. The van der Waals surface area contributed by atoms with Crippen LogP contribution in [-0.4, -0.2) is 23.1 Å². The first kappa shape index (κ1) is 12.7. The fourth-order valence-electron chi connectivity index (χ4n) is 3.06. The van der Waals surface area contributed by atoms with E-state index in [0.717, 1.165) is 29.8 Å². The molecule has 106 valence electrons. The Kier molecular flexibility index (Phi) is 3.08. The molecule has 0 spiro atoms. The Morgan fingerprint density at radius 3 is 2.71 bits per heavy atom. The van der Waals surface area contributed by atoms with E-state index in [0.29, 0.717) is 5.15 Å². The van der Waals surface area contributed by atoms with Crippen molar-refractivity contribution in [2.45, 2.75) is 12.8 Å². The lowest BCUT2D eigenvalue weighted by molar-refractivity contribution is 0.949. The molecule has 0 radical (unpaired) electrons.